The van der Waals surface area contributed by atoms with Gasteiger partial charge in [-0.05, 0) is 128 Å². The number of fused-ring (bicyclic) bond motifs is 5. The topological polar surface area (TPSA) is 81.1 Å². The summed E-state index contributed by atoms with van der Waals surface area (Å²) in [5, 5.41) is 22.5. The van der Waals surface area contributed by atoms with Gasteiger partial charge in [-0.3, -0.25) is 9.59 Å². The van der Waals surface area contributed by atoms with Gasteiger partial charge in [-0.15, -0.1) is 0 Å². The molecule has 2 N–H and O–H groups in total. The van der Waals surface area contributed by atoms with E-state index < -0.39 is 0 Å². The van der Waals surface area contributed by atoms with Crippen molar-refractivity contribution in [2.75, 3.05) is 26.2 Å². The van der Waals surface area contributed by atoms with Gasteiger partial charge < -0.3 is 20.0 Å². The molecule has 0 radical (unpaired) electrons. The Hall–Kier alpha value is -1.89. The molecule has 4 aliphatic carbocycles. The number of hydrogen-bond donors (Lipinski definition) is 2. The van der Waals surface area contributed by atoms with Gasteiger partial charge in [0.1, 0.15) is 0 Å². The smallest absolute Gasteiger partial charge is 0.246 e. The number of amides is 2. The highest BCUT2D eigenvalue weighted by Gasteiger charge is 2.62. The molecule has 5 fully saturated rings. The molecule has 0 aromatic heterocycles. The Morgan fingerprint density at radius 3 is 2.43 bits per heavy atom. The largest absolute Gasteiger partial charge is 0.393 e. The lowest BCUT2D eigenvalue weighted by Crippen LogP contribution is -2.58. The molecule has 1 saturated heterocycles. The minimum Gasteiger partial charge on any atom is -0.393 e. The zero-order chi connectivity index (χ0) is 31.2. The first-order valence-electron chi connectivity index (χ1n) is 17.4. The highest BCUT2D eigenvalue weighted by molar-refractivity contribution is 6.30. The lowest BCUT2D eigenvalue weighted by Gasteiger charge is -2.62. The van der Waals surface area contributed by atoms with Crippen LogP contribution in [0, 0.1) is 46.3 Å². The van der Waals surface area contributed by atoms with E-state index in [1.165, 1.54) is 25.7 Å². The average Bonchev–Trinajstić information content (AvgIpc) is 3.36. The third kappa shape index (κ3) is 6.00. The van der Waals surface area contributed by atoms with Crippen molar-refractivity contribution in [2.45, 2.75) is 97.2 Å². The van der Waals surface area contributed by atoms with Crippen LogP contribution in [0.25, 0.3) is 6.08 Å². The summed E-state index contributed by atoms with van der Waals surface area (Å²) in [5.74, 6) is 3.19. The van der Waals surface area contributed by atoms with Crippen molar-refractivity contribution in [1.29, 1.82) is 0 Å². The molecular weight excluding hydrogens is 572 g/mol. The third-order valence-electron chi connectivity index (χ3n) is 13.4. The molecule has 1 heterocycles. The molecule has 6 nitrogen and oxygen atoms in total. The number of piperazine rings is 1. The van der Waals surface area contributed by atoms with E-state index >= 15 is 0 Å². The molecule has 4 saturated carbocycles. The summed E-state index contributed by atoms with van der Waals surface area (Å²) in [6, 6.07) is 7.43. The minimum atomic E-state index is -0.249. The van der Waals surface area contributed by atoms with E-state index in [1.807, 2.05) is 34.1 Å². The van der Waals surface area contributed by atoms with E-state index in [0.717, 1.165) is 37.7 Å². The van der Waals surface area contributed by atoms with Crippen LogP contribution >= 0.6 is 11.6 Å². The number of hydrogen-bond acceptors (Lipinski definition) is 4. The summed E-state index contributed by atoms with van der Waals surface area (Å²) >= 11 is 6.05. The number of carbonyl (C=O) groups is 2. The Morgan fingerprint density at radius 2 is 1.68 bits per heavy atom. The van der Waals surface area contributed by atoms with Crippen LogP contribution < -0.4 is 0 Å². The Labute approximate surface area is 269 Å². The first-order valence-corrected chi connectivity index (χ1v) is 17.7. The van der Waals surface area contributed by atoms with Gasteiger partial charge in [-0.25, -0.2) is 0 Å². The normalized spacial score (nSPS) is 39.5. The van der Waals surface area contributed by atoms with E-state index in [9.17, 15) is 19.8 Å². The SMILES string of the molecule is C[C@H](CCC(=O)N1CCN(C(=O)/C=C/c2cccc(Cl)c2)CC1)[C@H]1CC[C@H]2[C@@H]3[C@@H](O)C[C@@H]4C[C@H](O)CC[C@]4(C)[C@H]3CC[C@]12C. The molecule has 1 aromatic rings. The molecule has 7 heteroatoms. The summed E-state index contributed by atoms with van der Waals surface area (Å²) in [7, 11) is 0. The standard InChI is InChI=1S/C37H53ClN2O4/c1-24(7-11-33(43)39-17-19-40(20-18-39)34(44)12-8-25-5-4-6-27(38)21-25)29-9-10-30-35-31(14-16-37(29,30)3)36(2)15-13-28(41)22-26(36)23-32(35)42/h4-6,8,12,21,24,26,28-32,35,41-42H,7,9-11,13-20,22-23H2,1-3H3/b12-8+/t24-,26+,28-,29-,30+,31+,32+,35+,36+,37-/m1/s1. The molecule has 0 spiro atoms. The van der Waals surface area contributed by atoms with Crippen LogP contribution in [0.4, 0.5) is 0 Å². The molecule has 2 amide bonds. The Morgan fingerprint density at radius 1 is 0.977 bits per heavy atom. The van der Waals surface area contributed by atoms with Crippen molar-refractivity contribution in [2.24, 2.45) is 46.3 Å². The number of rotatable bonds is 6. The van der Waals surface area contributed by atoms with Crippen LogP contribution in [0.15, 0.2) is 30.3 Å². The minimum absolute atomic E-state index is 0.0295. The fraction of sp³-hybridized carbons (Fsp3) is 0.730. The van der Waals surface area contributed by atoms with E-state index in [-0.39, 0.29) is 34.9 Å². The number of aliphatic hydroxyl groups is 2. The summed E-state index contributed by atoms with van der Waals surface area (Å²) in [4.78, 5) is 29.8. The predicted molar refractivity (Wildman–Crippen MR) is 175 cm³/mol. The fourth-order valence-corrected chi connectivity index (χ4v) is 11.1. The van der Waals surface area contributed by atoms with Crippen LogP contribution in [-0.2, 0) is 9.59 Å². The maximum Gasteiger partial charge on any atom is 0.246 e. The lowest BCUT2D eigenvalue weighted by atomic mass is 9.43. The average molecular weight is 625 g/mol. The Bertz CT molecular complexity index is 1250. The van der Waals surface area contributed by atoms with Gasteiger partial charge in [0, 0.05) is 43.7 Å². The van der Waals surface area contributed by atoms with Crippen molar-refractivity contribution in [3.63, 3.8) is 0 Å². The highest BCUT2D eigenvalue weighted by Crippen LogP contribution is 2.68. The van der Waals surface area contributed by atoms with Gasteiger partial charge in [0.2, 0.25) is 11.8 Å². The van der Waals surface area contributed by atoms with Gasteiger partial charge in [0.05, 0.1) is 12.2 Å². The summed E-state index contributed by atoms with van der Waals surface area (Å²) in [5.41, 5.74) is 1.38. The van der Waals surface area contributed by atoms with Crippen molar-refractivity contribution in [1.82, 2.24) is 9.80 Å². The molecule has 10 atom stereocenters. The first-order chi connectivity index (χ1) is 21.0. The van der Waals surface area contributed by atoms with Crippen LogP contribution in [0.5, 0.6) is 0 Å². The molecule has 44 heavy (non-hydrogen) atoms. The molecule has 242 valence electrons. The quantitative estimate of drug-likeness (QED) is 0.358. The van der Waals surface area contributed by atoms with Gasteiger partial charge in [-0.1, -0.05) is 44.5 Å². The zero-order valence-corrected chi connectivity index (χ0v) is 27.7. The second-order valence-corrected chi connectivity index (χ2v) is 16.0. The van der Waals surface area contributed by atoms with Crippen molar-refractivity contribution in [3.05, 3.63) is 40.9 Å². The lowest BCUT2D eigenvalue weighted by molar-refractivity contribution is -0.174. The number of halogens is 1. The molecule has 0 unspecified atom stereocenters. The van der Waals surface area contributed by atoms with Crippen LogP contribution in [0.2, 0.25) is 5.02 Å². The summed E-state index contributed by atoms with van der Waals surface area (Å²) < 4.78 is 0. The monoisotopic (exact) mass is 624 g/mol. The molecule has 6 rings (SSSR count). The van der Waals surface area contributed by atoms with Gasteiger partial charge in [0.15, 0.2) is 0 Å². The van der Waals surface area contributed by atoms with Gasteiger partial charge >= 0.3 is 0 Å². The van der Waals surface area contributed by atoms with Gasteiger partial charge in [-0.2, -0.15) is 0 Å². The zero-order valence-electron chi connectivity index (χ0n) is 27.0. The number of carbonyl (C=O) groups excluding carboxylic acids is 2. The Balaban J connectivity index is 1.00. The van der Waals surface area contributed by atoms with E-state index in [1.54, 1.807) is 12.2 Å². The van der Waals surface area contributed by atoms with Gasteiger partial charge in [0.25, 0.3) is 0 Å². The van der Waals surface area contributed by atoms with Crippen LogP contribution in [-0.4, -0.2) is 70.2 Å². The molecule has 5 aliphatic rings. The second-order valence-electron chi connectivity index (χ2n) is 15.6. The van der Waals surface area contributed by atoms with E-state index in [4.69, 9.17) is 11.6 Å². The maximum absolute atomic E-state index is 13.3. The molecular formula is C37H53ClN2O4. The Kier molecular flexibility index (Phi) is 9.27. The highest BCUT2D eigenvalue weighted by atomic mass is 35.5. The second kappa shape index (κ2) is 12.7. The van der Waals surface area contributed by atoms with E-state index in [0.29, 0.717) is 73.1 Å². The number of nitrogens with zero attached hydrogens (tertiary/aromatic N) is 2. The molecule has 1 aromatic carbocycles. The molecule has 0 bridgehead atoms. The van der Waals surface area contributed by atoms with Crippen molar-refractivity contribution < 1.29 is 19.8 Å². The van der Waals surface area contributed by atoms with E-state index in [2.05, 4.69) is 20.8 Å². The predicted octanol–water partition coefficient (Wildman–Crippen LogP) is 6.43. The summed E-state index contributed by atoms with van der Waals surface area (Å²) in [6.45, 7) is 9.64. The number of benzene rings is 1. The van der Waals surface area contributed by atoms with Crippen molar-refractivity contribution >= 4 is 29.5 Å². The van der Waals surface area contributed by atoms with Crippen molar-refractivity contribution in [3.8, 4) is 0 Å². The summed E-state index contributed by atoms with van der Waals surface area (Å²) in [6.07, 6.45) is 13.0. The maximum atomic E-state index is 13.3. The number of aliphatic hydroxyl groups excluding tert-OH is 2. The fourth-order valence-electron chi connectivity index (χ4n) is 10.9. The molecule has 1 aliphatic heterocycles. The van der Waals surface area contributed by atoms with Crippen LogP contribution in [0.3, 0.4) is 0 Å². The van der Waals surface area contributed by atoms with Crippen LogP contribution in [0.1, 0.15) is 90.5 Å². The first kappa shape index (κ1) is 32.1. The third-order valence-corrected chi connectivity index (χ3v) is 13.7.